The first-order chi connectivity index (χ1) is 10.5. The predicted molar refractivity (Wildman–Crippen MR) is 93.0 cm³/mol. The number of hydrogen-bond donors (Lipinski definition) is 2. The van der Waals surface area contributed by atoms with Gasteiger partial charge in [0.25, 0.3) is 0 Å². The minimum Gasteiger partial charge on any atom is -0.491 e. The summed E-state index contributed by atoms with van der Waals surface area (Å²) < 4.78 is 11.4. The Balaban J connectivity index is 0.00000264. The molecule has 0 unspecified atom stereocenters. The van der Waals surface area contributed by atoms with Crippen LogP contribution in [0.25, 0.3) is 0 Å². The zero-order valence-corrected chi connectivity index (χ0v) is 14.8. The summed E-state index contributed by atoms with van der Waals surface area (Å²) >= 11 is 0. The number of halogens is 1. The summed E-state index contributed by atoms with van der Waals surface area (Å²) in [6.07, 6.45) is 1.31. The number of nitrogens with two attached hydrogens (primary N) is 1. The molecular weight excluding hydrogens is 316 g/mol. The van der Waals surface area contributed by atoms with Crippen LogP contribution in [0.1, 0.15) is 37.8 Å². The molecule has 0 spiro atoms. The maximum atomic E-state index is 12.2. The number of carbonyl (C=O) groups excluding carboxylic acids is 1. The molecule has 3 N–H and O–H groups in total. The highest BCUT2D eigenvalue weighted by Crippen LogP contribution is 2.22. The van der Waals surface area contributed by atoms with Crippen molar-refractivity contribution in [1.82, 2.24) is 5.32 Å². The van der Waals surface area contributed by atoms with Crippen molar-refractivity contribution in [3.8, 4) is 5.75 Å². The van der Waals surface area contributed by atoms with E-state index in [1.807, 2.05) is 39.0 Å². The van der Waals surface area contributed by atoms with Crippen molar-refractivity contribution < 1.29 is 14.3 Å². The third-order valence-electron chi connectivity index (χ3n) is 3.70. The molecule has 1 aliphatic rings. The lowest BCUT2D eigenvalue weighted by Gasteiger charge is -2.17. The molecule has 1 aliphatic heterocycles. The molecule has 6 heteroatoms. The predicted octanol–water partition coefficient (Wildman–Crippen LogP) is 2.33. The summed E-state index contributed by atoms with van der Waals surface area (Å²) in [6, 6.07) is 6.01. The molecule has 0 aliphatic carbocycles. The second-order valence-electron chi connectivity index (χ2n) is 6.06. The number of aryl methyl sites for hydroxylation is 1. The smallest absolute Gasteiger partial charge is 0.249 e. The molecule has 0 bridgehead atoms. The van der Waals surface area contributed by atoms with Gasteiger partial charge in [-0.15, -0.1) is 12.4 Å². The highest BCUT2D eigenvalue weighted by Gasteiger charge is 2.29. The first-order valence-electron chi connectivity index (χ1n) is 7.89. The fraction of sp³-hybridized carbons (Fsp3) is 0.588. The second kappa shape index (κ2) is 9.11. The van der Waals surface area contributed by atoms with Gasteiger partial charge in [0.2, 0.25) is 5.91 Å². The molecule has 1 aromatic rings. The van der Waals surface area contributed by atoms with Gasteiger partial charge in [-0.25, -0.2) is 0 Å². The van der Waals surface area contributed by atoms with Crippen molar-refractivity contribution in [3.63, 3.8) is 0 Å². The maximum Gasteiger partial charge on any atom is 0.249 e. The van der Waals surface area contributed by atoms with E-state index >= 15 is 0 Å². The fourth-order valence-corrected chi connectivity index (χ4v) is 2.54. The summed E-state index contributed by atoms with van der Waals surface area (Å²) in [5, 5.41) is 2.93. The van der Waals surface area contributed by atoms with Crippen LogP contribution in [0.2, 0.25) is 0 Å². The van der Waals surface area contributed by atoms with Gasteiger partial charge in [0.15, 0.2) is 0 Å². The second-order valence-corrected chi connectivity index (χ2v) is 6.06. The van der Waals surface area contributed by atoms with Crippen LogP contribution in [0.3, 0.4) is 0 Å². The van der Waals surface area contributed by atoms with Crippen LogP contribution in [0, 0.1) is 6.92 Å². The lowest BCUT2D eigenvalue weighted by Crippen LogP contribution is -2.35. The van der Waals surface area contributed by atoms with Crippen molar-refractivity contribution in [2.75, 3.05) is 6.54 Å². The van der Waals surface area contributed by atoms with Crippen LogP contribution in [-0.2, 0) is 16.1 Å². The Kier molecular flexibility index (Phi) is 7.82. The van der Waals surface area contributed by atoms with Crippen molar-refractivity contribution in [3.05, 3.63) is 29.3 Å². The zero-order valence-electron chi connectivity index (χ0n) is 14.0. The summed E-state index contributed by atoms with van der Waals surface area (Å²) in [7, 11) is 0. The van der Waals surface area contributed by atoms with Crippen LogP contribution in [0.5, 0.6) is 5.75 Å². The van der Waals surface area contributed by atoms with Crippen LogP contribution >= 0.6 is 12.4 Å². The lowest BCUT2D eigenvalue weighted by molar-refractivity contribution is -0.132. The monoisotopic (exact) mass is 342 g/mol. The molecule has 2 rings (SSSR count). The van der Waals surface area contributed by atoms with E-state index in [2.05, 4.69) is 5.32 Å². The third kappa shape index (κ3) is 5.68. The first-order valence-corrected chi connectivity index (χ1v) is 7.89. The van der Waals surface area contributed by atoms with E-state index < -0.39 is 0 Å². The Morgan fingerprint density at radius 3 is 2.78 bits per heavy atom. The zero-order chi connectivity index (χ0) is 16.1. The number of rotatable bonds is 6. The molecular formula is C17H27ClN2O3. The average molecular weight is 343 g/mol. The van der Waals surface area contributed by atoms with Gasteiger partial charge in [-0.3, -0.25) is 4.79 Å². The van der Waals surface area contributed by atoms with Gasteiger partial charge in [0.05, 0.1) is 12.2 Å². The molecule has 23 heavy (non-hydrogen) atoms. The van der Waals surface area contributed by atoms with Crippen molar-refractivity contribution in [2.45, 2.75) is 58.5 Å². The van der Waals surface area contributed by atoms with Crippen LogP contribution in [0.4, 0.5) is 0 Å². The number of ether oxygens (including phenoxy) is 2. The van der Waals surface area contributed by atoms with E-state index in [9.17, 15) is 4.79 Å². The van der Waals surface area contributed by atoms with Crippen molar-refractivity contribution in [2.24, 2.45) is 5.73 Å². The largest absolute Gasteiger partial charge is 0.491 e. The van der Waals surface area contributed by atoms with Gasteiger partial charge in [-0.1, -0.05) is 12.1 Å². The first kappa shape index (κ1) is 19.7. The molecule has 0 radical (unpaired) electrons. The van der Waals surface area contributed by atoms with Gasteiger partial charge >= 0.3 is 0 Å². The van der Waals surface area contributed by atoms with E-state index in [0.717, 1.165) is 29.7 Å². The number of amides is 1. The number of carbonyl (C=O) groups is 1. The maximum absolute atomic E-state index is 12.2. The van der Waals surface area contributed by atoms with Crippen LogP contribution in [0.15, 0.2) is 18.2 Å². The average Bonchev–Trinajstić information content (AvgIpc) is 2.94. The van der Waals surface area contributed by atoms with E-state index in [1.54, 1.807) is 0 Å². The van der Waals surface area contributed by atoms with Gasteiger partial charge in [0, 0.05) is 18.7 Å². The highest BCUT2D eigenvalue weighted by molar-refractivity contribution is 5.85. The van der Waals surface area contributed by atoms with Crippen LogP contribution in [-0.4, -0.2) is 30.8 Å². The number of benzene rings is 1. The lowest BCUT2D eigenvalue weighted by atomic mass is 10.1. The van der Waals surface area contributed by atoms with Gasteiger partial charge in [-0.2, -0.15) is 0 Å². The molecule has 130 valence electrons. The van der Waals surface area contributed by atoms with E-state index in [4.69, 9.17) is 15.2 Å². The molecule has 1 aromatic carbocycles. The summed E-state index contributed by atoms with van der Waals surface area (Å²) in [5.74, 6) is 0.745. The number of hydrogen-bond acceptors (Lipinski definition) is 4. The van der Waals surface area contributed by atoms with E-state index in [0.29, 0.717) is 13.1 Å². The molecule has 1 fully saturated rings. The molecule has 0 aromatic heterocycles. The van der Waals surface area contributed by atoms with Gasteiger partial charge in [-0.05, 0) is 45.2 Å². The van der Waals surface area contributed by atoms with Crippen molar-refractivity contribution in [1.29, 1.82) is 0 Å². The highest BCUT2D eigenvalue weighted by atomic mass is 35.5. The van der Waals surface area contributed by atoms with Gasteiger partial charge in [0.1, 0.15) is 11.9 Å². The fourth-order valence-electron chi connectivity index (χ4n) is 2.54. The number of nitrogens with one attached hydrogen (secondary N) is 1. The molecule has 1 amide bonds. The Bertz CT molecular complexity index is 523. The standard InChI is InChI=1S/C17H26N2O3.ClH/c1-11(2)21-16-8-12(3)4-5-13(16)10-19-17(20)15-7-6-14(9-18)22-15;/h4-5,8,11,14-15H,6-7,9-10,18H2,1-3H3,(H,19,20);1H/t14-,15+;/m1./s1. The Hall–Kier alpha value is -1.30. The van der Waals surface area contributed by atoms with E-state index in [1.165, 1.54) is 0 Å². The quantitative estimate of drug-likeness (QED) is 0.832. The molecule has 5 nitrogen and oxygen atoms in total. The minimum atomic E-state index is -0.381. The minimum absolute atomic E-state index is 0. The normalized spacial score (nSPS) is 20.2. The molecule has 1 saturated heterocycles. The SMILES string of the molecule is Cc1ccc(CNC(=O)[C@@H]2CC[C@H](CN)O2)c(OC(C)C)c1.Cl. The third-order valence-corrected chi connectivity index (χ3v) is 3.70. The Morgan fingerprint density at radius 1 is 1.43 bits per heavy atom. The Labute approximate surface area is 144 Å². The molecule has 2 atom stereocenters. The molecule has 1 heterocycles. The topological polar surface area (TPSA) is 73.6 Å². The molecule has 0 saturated carbocycles. The summed E-state index contributed by atoms with van der Waals surface area (Å²) in [4.78, 5) is 12.2. The van der Waals surface area contributed by atoms with Crippen molar-refractivity contribution >= 4 is 18.3 Å². The summed E-state index contributed by atoms with van der Waals surface area (Å²) in [6.45, 7) is 6.91. The van der Waals surface area contributed by atoms with Gasteiger partial charge < -0.3 is 20.5 Å². The van der Waals surface area contributed by atoms with E-state index in [-0.39, 0.29) is 36.6 Å². The van der Waals surface area contributed by atoms with Crippen LogP contribution < -0.4 is 15.8 Å². The summed E-state index contributed by atoms with van der Waals surface area (Å²) in [5.41, 5.74) is 7.68. The Morgan fingerprint density at radius 2 is 2.17 bits per heavy atom.